The summed E-state index contributed by atoms with van der Waals surface area (Å²) in [7, 11) is 0. The van der Waals surface area contributed by atoms with Crippen LogP contribution in [0.15, 0.2) is 28.0 Å². The molecule has 4 nitrogen and oxygen atoms in total. The Morgan fingerprint density at radius 1 is 1.35 bits per heavy atom. The fourth-order valence-electron chi connectivity index (χ4n) is 2.01. The van der Waals surface area contributed by atoms with E-state index in [9.17, 15) is 4.79 Å². The Hall–Kier alpha value is -1.27. The number of hydrogen-bond acceptors (Lipinski definition) is 3. The summed E-state index contributed by atoms with van der Waals surface area (Å²) in [6, 6.07) is 4.13. The molecule has 6 heteroatoms. The molecule has 0 saturated heterocycles. The Kier molecular flexibility index (Phi) is 4.55. The lowest BCUT2D eigenvalue weighted by Gasteiger charge is -2.13. The van der Waals surface area contributed by atoms with Crippen molar-refractivity contribution in [2.24, 2.45) is 0 Å². The molecule has 1 aromatic heterocycles. The lowest BCUT2D eigenvalue weighted by atomic mass is 10.1. The molecule has 0 atom stereocenters. The van der Waals surface area contributed by atoms with E-state index in [1.54, 1.807) is 6.20 Å². The molecule has 1 aromatic carbocycles. The summed E-state index contributed by atoms with van der Waals surface area (Å²) in [6.45, 7) is 6.04. The normalized spacial score (nSPS) is 10.8. The molecule has 2 aromatic rings. The van der Waals surface area contributed by atoms with Crippen molar-refractivity contribution >= 4 is 33.7 Å². The molecular weight excluding hydrogens is 340 g/mol. The number of aryl methyl sites for hydroxylation is 3. The molecule has 0 amide bonds. The third-order valence-electron chi connectivity index (χ3n) is 2.91. The van der Waals surface area contributed by atoms with E-state index in [0.29, 0.717) is 5.16 Å². The van der Waals surface area contributed by atoms with Crippen LogP contribution in [0.25, 0.3) is 5.69 Å². The van der Waals surface area contributed by atoms with Gasteiger partial charge < -0.3 is 5.11 Å². The van der Waals surface area contributed by atoms with E-state index >= 15 is 0 Å². The van der Waals surface area contributed by atoms with Crippen LogP contribution in [0.5, 0.6) is 0 Å². The topological polar surface area (TPSA) is 55.1 Å². The van der Waals surface area contributed by atoms with Gasteiger partial charge in [-0.05, 0) is 44.0 Å². The third-order valence-corrected chi connectivity index (χ3v) is 5.10. The van der Waals surface area contributed by atoms with Crippen molar-refractivity contribution in [3.05, 3.63) is 39.6 Å². The Balaban J connectivity index is 2.47. The maximum absolute atomic E-state index is 10.7. The first kappa shape index (κ1) is 15.1. The van der Waals surface area contributed by atoms with Gasteiger partial charge >= 0.3 is 5.97 Å². The fourth-order valence-corrected chi connectivity index (χ4v) is 3.00. The lowest BCUT2D eigenvalue weighted by Crippen LogP contribution is -2.03. The number of carbonyl (C=O) groups is 1. The number of hydrogen-bond donors (Lipinski definition) is 1. The molecule has 1 N–H and O–H groups in total. The first-order valence-corrected chi connectivity index (χ1v) is 7.84. The van der Waals surface area contributed by atoms with Gasteiger partial charge in [-0.2, -0.15) is 0 Å². The van der Waals surface area contributed by atoms with Crippen LogP contribution in [-0.2, 0) is 4.79 Å². The minimum atomic E-state index is -0.842. The van der Waals surface area contributed by atoms with Gasteiger partial charge in [-0.25, -0.2) is 4.98 Å². The van der Waals surface area contributed by atoms with Gasteiger partial charge in [-0.3, -0.25) is 9.36 Å². The average Bonchev–Trinajstić information content (AvgIpc) is 2.74. The van der Waals surface area contributed by atoms with Crippen LogP contribution in [-0.4, -0.2) is 26.4 Å². The van der Waals surface area contributed by atoms with E-state index < -0.39 is 5.97 Å². The van der Waals surface area contributed by atoms with Crippen LogP contribution in [0.1, 0.15) is 16.8 Å². The van der Waals surface area contributed by atoms with Crippen molar-refractivity contribution in [1.82, 2.24) is 9.55 Å². The van der Waals surface area contributed by atoms with Gasteiger partial charge in [0.05, 0.1) is 5.75 Å². The van der Waals surface area contributed by atoms with Crippen LogP contribution in [0, 0.1) is 20.8 Å². The lowest BCUT2D eigenvalue weighted by molar-refractivity contribution is -0.133. The van der Waals surface area contributed by atoms with E-state index in [0.717, 1.165) is 27.0 Å². The van der Waals surface area contributed by atoms with Gasteiger partial charge in [0, 0.05) is 22.1 Å². The largest absolute Gasteiger partial charge is 0.481 e. The van der Waals surface area contributed by atoms with Crippen LogP contribution >= 0.6 is 27.7 Å². The van der Waals surface area contributed by atoms with Crippen molar-refractivity contribution in [2.75, 3.05) is 5.75 Å². The van der Waals surface area contributed by atoms with Gasteiger partial charge in [-0.1, -0.05) is 27.7 Å². The zero-order chi connectivity index (χ0) is 14.9. The summed E-state index contributed by atoms with van der Waals surface area (Å²) < 4.78 is 3.08. The molecular formula is C14H15BrN2O2S. The predicted molar refractivity (Wildman–Crippen MR) is 83.8 cm³/mol. The standard InChI is InChI=1S/C14H15BrN2O2S/c1-8-4-11(5-9(2)13(8)15)17-10(3)6-16-14(17)20-7-12(18)19/h4-6H,7H2,1-3H3,(H,18,19). The SMILES string of the molecule is Cc1cc(-n2c(C)cnc2SCC(=O)O)cc(C)c1Br. The van der Waals surface area contributed by atoms with Gasteiger partial charge in [0.25, 0.3) is 0 Å². The minimum absolute atomic E-state index is 0.00491. The summed E-state index contributed by atoms with van der Waals surface area (Å²) >= 11 is 4.78. The Morgan fingerprint density at radius 2 is 1.95 bits per heavy atom. The average molecular weight is 355 g/mol. The maximum atomic E-state index is 10.7. The van der Waals surface area contributed by atoms with Gasteiger partial charge in [0.1, 0.15) is 0 Å². The van der Waals surface area contributed by atoms with Crippen molar-refractivity contribution in [3.63, 3.8) is 0 Å². The molecule has 2 rings (SSSR count). The quantitative estimate of drug-likeness (QED) is 0.849. The second-order valence-electron chi connectivity index (χ2n) is 4.59. The van der Waals surface area contributed by atoms with Crippen molar-refractivity contribution in [3.8, 4) is 5.69 Å². The summed E-state index contributed by atoms with van der Waals surface area (Å²) in [5, 5.41) is 9.50. The summed E-state index contributed by atoms with van der Waals surface area (Å²) in [5.41, 5.74) is 4.27. The molecule has 0 spiro atoms. The molecule has 0 aliphatic rings. The molecule has 0 bridgehead atoms. The van der Waals surface area contributed by atoms with E-state index in [2.05, 4.69) is 33.0 Å². The van der Waals surface area contributed by atoms with E-state index in [1.165, 1.54) is 11.8 Å². The Bertz CT molecular complexity index is 644. The number of thioether (sulfide) groups is 1. The number of imidazole rings is 1. The van der Waals surface area contributed by atoms with Crippen LogP contribution in [0.2, 0.25) is 0 Å². The predicted octanol–water partition coefficient (Wildman–Crippen LogP) is 3.74. The molecule has 0 unspecified atom stereocenters. The molecule has 0 fully saturated rings. The Labute approximate surface area is 130 Å². The Morgan fingerprint density at radius 3 is 2.50 bits per heavy atom. The van der Waals surface area contributed by atoms with Crippen LogP contribution in [0.3, 0.4) is 0 Å². The van der Waals surface area contributed by atoms with Crippen molar-refractivity contribution in [2.45, 2.75) is 25.9 Å². The number of carboxylic acids is 1. The van der Waals surface area contributed by atoms with Crippen LogP contribution < -0.4 is 0 Å². The highest BCUT2D eigenvalue weighted by Crippen LogP contribution is 2.28. The number of nitrogens with zero attached hydrogens (tertiary/aromatic N) is 2. The molecule has 0 aliphatic heterocycles. The number of halogens is 1. The fraction of sp³-hybridized carbons (Fsp3) is 0.286. The second-order valence-corrected chi connectivity index (χ2v) is 6.33. The van der Waals surface area contributed by atoms with Gasteiger partial charge in [0.2, 0.25) is 0 Å². The van der Waals surface area contributed by atoms with Gasteiger partial charge in [0.15, 0.2) is 5.16 Å². The third kappa shape index (κ3) is 3.07. The first-order valence-electron chi connectivity index (χ1n) is 6.06. The molecule has 0 radical (unpaired) electrons. The monoisotopic (exact) mass is 354 g/mol. The zero-order valence-corrected chi connectivity index (χ0v) is 13.9. The highest BCUT2D eigenvalue weighted by molar-refractivity contribution is 9.10. The molecule has 0 saturated carbocycles. The molecule has 1 heterocycles. The highest BCUT2D eigenvalue weighted by atomic mass is 79.9. The number of benzene rings is 1. The minimum Gasteiger partial charge on any atom is -0.481 e. The number of aliphatic carboxylic acids is 1. The number of carboxylic acid groups (broad SMARTS) is 1. The maximum Gasteiger partial charge on any atom is 0.313 e. The highest BCUT2D eigenvalue weighted by Gasteiger charge is 2.13. The smallest absolute Gasteiger partial charge is 0.313 e. The van der Waals surface area contributed by atoms with Crippen LogP contribution in [0.4, 0.5) is 0 Å². The summed E-state index contributed by atoms with van der Waals surface area (Å²) in [4.78, 5) is 15.0. The molecule has 106 valence electrons. The van der Waals surface area contributed by atoms with E-state index in [1.807, 2.05) is 25.3 Å². The number of aromatic nitrogens is 2. The molecule has 0 aliphatic carbocycles. The molecule has 20 heavy (non-hydrogen) atoms. The van der Waals surface area contributed by atoms with E-state index in [-0.39, 0.29) is 5.75 Å². The summed E-state index contributed by atoms with van der Waals surface area (Å²) in [6.07, 6.45) is 1.76. The number of rotatable bonds is 4. The van der Waals surface area contributed by atoms with Crippen molar-refractivity contribution in [1.29, 1.82) is 0 Å². The first-order chi connectivity index (χ1) is 9.40. The van der Waals surface area contributed by atoms with Crippen molar-refractivity contribution < 1.29 is 9.90 Å². The van der Waals surface area contributed by atoms with Gasteiger partial charge in [-0.15, -0.1) is 0 Å². The second kappa shape index (κ2) is 6.01. The summed E-state index contributed by atoms with van der Waals surface area (Å²) in [5.74, 6) is -0.837. The van der Waals surface area contributed by atoms with E-state index in [4.69, 9.17) is 5.11 Å². The zero-order valence-electron chi connectivity index (χ0n) is 11.5.